The lowest BCUT2D eigenvalue weighted by atomic mass is 10.0. The largest absolute Gasteiger partial charge is 0.224 e. The quantitative estimate of drug-likeness (QED) is 0.607. The summed E-state index contributed by atoms with van der Waals surface area (Å²) in [5.74, 6) is 0. The summed E-state index contributed by atoms with van der Waals surface area (Å²) in [7, 11) is 0. The van der Waals surface area contributed by atoms with E-state index in [1.165, 1.54) is 6.92 Å². The lowest BCUT2D eigenvalue weighted by molar-refractivity contribution is 1.15. The predicted molar refractivity (Wildman–Crippen MR) is 47.8 cm³/mol. The molecule has 5 heteroatoms. The Balaban J connectivity index is 3.80. The van der Waals surface area contributed by atoms with Crippen LogP contribution in [0.25, 0.3) is 0 Å². The minimum absolute atomic E-state index is 0.0491. The van der Waals surface area contributed by atoms with Crippen LogP contribution in [0.5, 0.6) is 0 Å². The molecule has 15 heavy (non-hydrogen) atoms. The van der Waals surface area contributed by atoms with E-state index < -0.39 is 0 Å². The molecule has 0 spiro atoms. The van der Waals surface area contributed by atoms with Crippen LogP contribution in [0.3, 0.4) is 0 Å². The first-order chi connectivity index (χ1) is 7.19. The van der Waals surface area contributed by atoms with Gasteiger partial charge in [0.25, 0.3) is 0 Å². The molecule has 1 aromatic heterocycles. The molecular formula is C10H3N5. The van der Waals surface area contributed by atoms with Gasteiger partial charge in [-0.2, -0.15) is 21.0 Å². The third kappa shape index (κ3) is 1.46. The van der Waals surface area contributed by atoms with Crippen LogP contribution in [0.4, 0.5) is 0 Å². The minimum atomic E-state index is -0.120. The molecule has 0 amide bonds. The zero-order chi connectivity index (χ0) is 11.4. The van der Waals surface area contributed by atoms with Crippen molar-refractivity contribution >= 4 is 0 Å². The van der Waals surface area contributed by atoms with Gasteiger partial charge in [-0.15, -0.1) is 0 Å². The molecule has 68 valence electrons. The molecule has 0 aliphatic carbocycles. The van der Waals surface area contributed by atoms with E-state index in [1.807, 2.05) is 0 Å². The summed E-state index contributed by atoms with van der Waals surface area (Å²) in [6.45, 7) is 1.51. The highest BCUT2D eigenvalue weighted by Gasteiger charge is 2.16. The summed E-state index contributed by atoms with van der Waals surface area (Å²) in [5, 5.41) is 35.0. The molecule has 0 aliphatic rings. The summed E-state index contributed by atoms with van der Waals surface area (Å²) < 4.78 is 0. The van der Waals surface area contributed by atoms with Crippen molar-refractivity contribution in [3.8, 4) is 24.3 Å². The maximum absolute atomic E-state index is 8.78. The fourth-order valence-corrected chi connectivity index (χ4v) is 1.14. The lowest BCUT2D eigenvalue weighted by Gasteiger charge is -2.02. The summed E-state index contributed by atoms with van der Waals surface area (Å²) in [5.41, 5.74) is 0.181. The fraction of sp³-hybridized carbons (Fsp3) is 0.100. The zero-order valence-electron chi connectivity index (χ0n) is 7.74. The number of nitrogens with zero attached hydrogens (tertiary/aromatic N) is 5. The van der Waals surface area contributed by atoms with Gasteiger partial charge < -0.3 is 0 Å². The minimum Gasteiger partial charge on any atom is -0.224 e. The molecule has 0 saturated carbocycles. The van der Waals surface area contributed by atoms with Crippen LogP contribution in [0, 0.1) is 52.2 Å². The van der Waals surface area contributed by atoms with Crippen LogP contribution in [0.15, 0.2) is 0 Å². The van der Waals surface area contributed by atoms with Crippen molar-refractivity contribution < 1.29 is 0 Å². The molecule has 0 saturated heterocycles. The fourth-order valence-electron chi connectivity index (χ4n) is 1.14. The molecular weight excluding hydrogens is 190 g/mol. The van der Waals surface area contributed by atoms with E-state index in [9.17, 15) is 0 Å². The maximum Gasteiger partial charge on any atom is 0.160 e. The van der Waals surface area contributed by atoms with Gasteiger partial charge >= 0.3 is 0 Å². The van der Waals surface area contributed by atoms with Crippen LogP contribution in [0.1, 0.15) is 28.1 Å². The molecule has 0 fully saturated rings. The third-order valence-electron chi connectivity index (χ3n) is 1.88. The van der Waals surface area contributed by atoms with Crippen LogP contribution in [-0.4, -0.2) is 4.98 Å². The highest BCUT2D eigenvalue weighted by Crippen LogP contribution is 2.17. The highest BCUT2D eigenvalue weighted by atomic mass is 14.7. The topological polar surface area (TPSA) is 108 Å². The number of rotatable bonds is 0. The van der Waals surface area contributed by atoms with Crippen molar-refractivity contribution in [3.05, 3.63) is 28.1 Å². The van der Waals surface area contributed by atoms with Crippen molar-refractivity contribution in [1.29, 1.82) is 21.0 Å². The van der Waals surface area contributed by atoms with E-state index in [4.69, 9.17) is 21.0 Å². The Hall–Kier alpha value is -2.89. The average Bonchev–Trinajstić information content (AvgIpc) is 2.27. The van der Waals surface area contributed by atoms with Crippen LogP contribution >= 0.6 is 0 Å². The number of aromatic nitrogens is 1. The number of hydrogen-bond acceptors (Lipinski definition) is 5. The molecule has 0 N–H and O–H groups in total. The molecule has 0 radical (unpaired) electrons. The summed E-state index contributed by atoms with van der Waals surface area (Å²) in [6, 6.07) is 7.03. The zero-order valence-corrected chi connectivity index (χ0v) is 7.74. The average molecular weight is 193 g/mol. The first-order valence-corrected chi connectivity index (χ1v) is 3.84. The van der Waals surface area contributed by atoms with Crippen molar-refractivity contribution in [2.45, 2.75) is 6.92 Å². The highest BCUT2D eigenvalue weighted by molar-refractivity contribution is 5.57. The lowest BCUT2D eigenvalue weighted by Crippen LogP contribution is -2.01. The van der Waals surface area contributed by atoms with Crippen molar-refractivity contribution in [3.63, 3.8) is 0 Å². The molecule has 0 aliphatic heterocycles. The molecule has 1 rings (SSSR count). The first kappa shape index (κ1) is 10.2. The second-order valence-corrected chi connectivity index (χ2v) is 2.63. The molecule has 0 aromatic carbocycles. The van der Waals surface area contributed by atoms with Gasteiger partial charge in [-0.25, -0.2) is 4.98 Å². The number of pyridine rings is 1. The second-order valence-electron chi connectivity index (χ2n) is 2.63. The SMILES string of the molecule is Cc1c(C#N)c(C#N)nc(C#N)c1C#N. The van der Waals surface area contributed by atoms with Gasteiger partial charge in [-0.3, -0.25) is 0 Å². The van der Waals surface area contributed by atoms with Crippen molar-refractivity contribution in [2.24, 2.45) is 0 Å². The summed E-state index contributed by atoms with van der Waals surface area (Å²) >= 11 is 0. The van der Waals surface area contributed by atoms with Gasteiger partial charge in [0.05, 0.1) is 11.1 Å². The number of hydrogen-bond donors (Lipinski definition) is 0. The summed E-state index contributed by atoms with van der Waals surface area (Å²) in [4.78, 5) is 3.64. The van der Waals surface area contributed by atoms with Gasteiger partial charge in [-0.05, 0) is 12.5 Å². The first-order valence-electron chi connectivity index (χ1n) is 3.84. The molecule has 1 aromatic rings. The van der Waals surface area contributed by atoms with Gasteiger partial charge in [0.15, 0.2) is 11.4 Å². The molecule has 5 nitrogen and oxygen atoms in total. The van der Waals surface area contributed by atoms with Crippen LogP contribution in [0.2, 0.25) is 0 Å². The van der Waals surface area contributed by atoms with Gasteiger partial charge in [0, 0.05) is 0 Å². The van der Waals surface area contributed by atoms with E-state index in [1.54, 1.807) is 24.3 Å². The molecule has 0 bridgehead atoms. The van der Waals surface area contributed by atoms with Crippen LogP contribution < -0.4 is 0 Å². The standard InChI is InChI=1S/C10H3N5/c1-6-7(2-11)9(4-13)15-10(5-14)8(6)3-12/h1H3. The number of nitriles is 4. The van der Waals surface area contributed by atoms with Gasteiger partial charge in [0.2, 0.25) is 0 Å². The van der Waals surface area contributed by atoms with Crippen molar-refractivity contribution in [1.82, 2.24) is 4.98 Å². The Bertz CT molecular complexity index is 536. The smallest absolute Gasteiger partial charge is 0.160 e. The Kier molecular flexibility index (Phi) is 2.64. The Morgan fingerprint density at radius 1 is 0.800 bits per heavy atom. The van der Waals surface area contributed by atoms with Gasteiger partial charge in [0.1, 0.15) is 24.3 Å². The predicted octanol–water partition coefficient (Wildman–Crippen LogP) is 0.877. The van der Waals surface area contributed by atoms with E-state index in [2.05, 4.69) is 4.98 Å². The van der Waals surface area contributed by atoms with E-state index in [-0.39, 0.29) is 22.5 Å². The van der Waals surface area contributed by atoms with E-state index in [0.717, 1.165) is 0 Å². The Labute approximate surface area is 86.0 Å². The molecule has 0 atom stereocenters. The summed E-state index contributed by atoms with van der Waals surface area (Å²) in [6.07, 6.45) is 0. The van der Waals surface area contributed by atoms with E-state index >= 15 is 0 Å². The van der Waals surface area contributed by atoms with Crippen LogP contribution in [-0.2, 0) is 0 Å². The normalized spacial score (nSPS) is 8.07. The monoisotopic (exact) mass is 193 g/mol. The van der Waals surface area contributed by atoms with E-state index in [0.29, 0.717) is 5.56 Å². The second kappa shape index (κ2) is 3.88. The third-order valence-corrected chi connectivity index (χ3v) is 1.88. The Morgan fingerprint density at radius 2 is 1.20 bits per heavy atom. The molecule has 0 unspecified atom stereocenters. The Morgan fingerprint density at radius 3 is 1.47 bits per heavy atom. The molecule has 1 heterocycles. The van der Waals surface area contributed by atoms with Gasteiger partial charge in [-0.1, -0.05) is 0 Å². The maximum atomic E-state index is 8.78. The van der Waals surface area contributed by atoms with Crippen molar-refractivity contribution in [2.75, 3.05) is 0 Å².